The van der Waals surface area contributed by atoms with Crippen LogP contribution in [0.3, 0.4) is 0 Å². The van der Waals surface area contributed by atoms with Crippen LogP contribution in [-0.4, -0.2) is 32.3 Å². The van der Waals surface area contributed by atoms with Gasteiger partial charge in [0.25, 0.3) is 0 Å². The minimum Gasteiger partial charge on any atom is -0.486 e. The monoisotopic (exact) mass is 480 g/mol. The van der Waals surface area contributed by atoms with Gasteiger partial charge in [-0.15, -0.1) is 0 Å². The molecular weight excluding hydrogens is 448 g/mol. The summed E-state index contributed by atoms with van der Waals surface area (Å²) < 4.78 is 11.2. The van der Waals surface area contributed by atoms with E-state index in [9.17, 15) is 4.79 Å². The van der Waals surface area contributed by atoms with Gasteiger partial charge in [0, 0.05) is 11.7 Å². The Morgan fingerprint density at radius 2 is 1.75 bits per heavy atom. The highest BCUT2D eigenvalue weighted by Gasteiger charge is 2.26. The highest BCUT2D eigenvalue weighted by Crippen LogP contribution is 2.38. The zero-order chi connectivity index (χ0) is 24.9. The van der Waals surface area contributed by atoms with Gasteiger partial charge >= 0.3 is 5.97 Å². The largest absolute Gasteiger partial charge is 0.486 e. The fraction of sp³-hybridized carbons (Fsp3) is 0.258. The first kappa shape index (κ1) is 23.9. The number of para-hydroxylation sites is 2. The number of esters is 1. The molecular formula is C31H32N2O3. The van der Waals surface area contributed by atoms with E-state index >= 15 is 0 Å². The van der Waals surface area contributed by atoms with Crippen LogP contribution in [0.1, 0.15) is 30.5 Å². The van der Waals surface area contributed by atoms with Crippen LogP contribution in [0.4, 0.5) is 11.4 Å². The average molecular weight is 481 g/mol. The molecule has 4 aromatic carbocycles. The van der Waals surface area contributed by atoms with Crippen LogP contribution < -0.4 is 15.0 Å². The number of anilines is 2. The molecule has 1 aliphatic rings. The first-order chi connectivity index (χ1) is 17.6. The van der Waals surface area contributed by atoms with Crippen molar-refractivity contribution in [2.75, 3.05) is 25.1 Å². The lowest BCUT2D eigenvalue weighted by atomic mass is 9.99. The molecule has 2 atom stereocenters. The van der Waals surface area contributed by atoms with Gasteiger partial charge in [-0.1, -0.05) is 66.7 Å². The number of carbonyl (C=O) groups is 1. The number of ether oxygens (including phenoxy) is 2. The molecule has 4 aromatic rings. The van der Waals surface area contributed by atoms with Crippen LogP contribution in [0.2, 0.25) is 0 Å². The van der Waals surface area contributed by atoms with Gasteiger partial charge in [0.1, 0.15) is 11.9 Å². The maximum absolute atomic E-state index is 11.6. The first-order valence-electron chi connectivity index (χ1n) is 12.5. The van der Waals surface area contributed by atoms with Gasteiger partial charge in [0.15, 0.2) is 0 Å². The Hall–Kier alpha value is -3.83. The van der Waals surface area contributed by atoms with Crippen molar-refractivity contribution in [2.45, 2.75) is 31.9 Å². The second kappa shape index (κ2) is 10.8. The molecule has 0 radical (unpaired) electrons. The van der Waals surface area contributed by atoms with Gasteiger partial charge in [-0.3, -0.25) is 4.79 Å². The van der Waals surface area contributed by atoms with E-state index in [1.54, 1.807) is 0 Å². The van der Waals surface area contributed by atoms with Crippen molar-refractivity contribution in [1.82, 2.24) is 5.32 Å². The second-order valence-electron chi connectivity index (χ2n) is 9.27. The van der Waals surface area contributed by atoms with E-state index in [4.69, 9.17) is 9.47 Å². The maximum Gasteiger partial charge on any atom is 0.309 e. The zero-order valence-corrected chi connectivity index (χ0v) is 20.8. The molecule has 5 rings (SSSR count). The van der Waals surface area contributed by atoms with Crippen molar-refractivity contribution in [3.8, 4) is 5.75 Å². The lowest BCUT2D eigenvalue weighted by molar-refractivity contribution is -0.139. The number of hydrogen-bond acceptors (Lipinski definition) is 5. The van der Waals surface area contributed by atoms with Crippen LogP contribution in [0.5, 0.6) is 5.75 Å². The Balaban J connectivity index is 1.26. The predicted molar refractivity (Wildman–Crippen MR) is 145 cm³/mol. The van der Waals surface area contributed by atoms with E-state index in [0.717, 1.165) is 42.2 Å². The molecule has 0 bridgehead atoms. The van der Waals surface area contributed by atoms with Crippen molar-refractivity contribution >= 4 is 28.1 Å². The average Bonchev–Trinajstić information content (AvgIpc) is 2.92. The quantitative estimate of drug-likeness (QED) is 0.305. The van der Waals surface area contributed by atoms with Gasteiger partial charge in [-0.25, -0.2) is 0 Å². The van der Waals surface area contributed by atoms with Gasteiger partial charge < -0.3 is 19.7 Å². The third kappa shape index (κ3) is 5.21. The summed E-state index contributed by atoms with van der Waals surface area (Å²) in [6.45, 7) is 3.84. The fourth-order valence-corrected chi connectivity index (χ4v) is 4.92. The minimum absolute atomic E-state index is 0.0573. The smallest absolute Gasteiger partial charge is 0.309 e. The van der Waals surface area contributed by atoms with Crippen LogP contribution in [0.15, 0.2) is 91.0 Å². The third-order valence-electron chi connectivity index (χ3n) is 6.87. The Kier molecular flexibility index (Phi) is 7.19. The molecule has 0 aromatic heterocycles. The third-order valence-corrected chi connectivity index (χ3v) is 6.87. The molecule has 0 amide bonds. The van der Waals surface area contributed by atoms with E-state index in [1.165, 1.54) is 23.4 Å². The highest BCUT2D eigenvalue weighted by molar-refractivity contribution is 5.86. The molecule has 1 unspecified atom stereocenters. The normalized spacial score (nSPS) is 15.7. The number of methoxy groups -OCH3 is 1. The number of hydrogen-bond donors (Lipinski definition) is 1. The van der Waals surface area contributed by atoms with E-state index in [-0.39, 0.29) is 24.5 Å². The molecule has 0 fully saturated rings. The summed E-state index contributed by atoms with van der Waals surface area (Å²) in [6, 6.07) is 31.6. The topological polar surface area (TPSA) is 50.8 Å². The van der Waals surface area contributed by atoms with E-state index in [0.29, 0.717) is 0 Å². The van der Waals surface area contributed by atoms with E-state index < -0.39 is 0 Å². The van der Waals surface area contributed by atoms with Crippen molar-refractivity contribution < 1.29 is 14.3 Å². The Morgan fingerprint density at radius 1 is 1.00 bits per heavy atom. The summed E-state index contributed by atoms with van der Waals surface area (Å²) in [7, 11) is 1.42. The molecule has 1 aliphatic heterocycles. The summed E-state index contributed by atoms with van der Waals surface area (Å²) in [5, 5.41) is 6.27. The standard InChI is InChI=1S/C31H32N2O3/c1-22(27-11-7-9-24-8-3-4-10-28(24)27)32-19-18-26-21-33(29-12-5-6-13-30(29)36-26)25-16-14-23(15-17-25)20-31(34)35-2/h3-17,22,26,32H,18-21H2,1-2H3/t22-,26?/m1/s1. The van der Waals surface area contributed by atoms with Crippen molar-refractivity contribution in [2.24, 2.45) is 0 Å². The zero-order valence-electron chi connectivity index (χ0n) is 20.8. The number of rotatable bonds is 8. The molecule has 0 saturated heterocycles. The lowest BCUT2D eigenvalue weighted by Gasteiger charge is -2.36. The van der Waals surface area contributed by atoms with E-state index in [1.807, 2.05) is 30.3 Å². The predicted octanol–water partition coefficient (Wildman–Crippen LogP) is 6.20. The number of nitrogens with zero attached hydrogens (tertiary/aromatic N) is 1. The fourth-order valence-electron chi connectivity index (χ4n) is 4.92. The molecule has 1 heterocycles. The van der Waals surface area contributed by atoms with Crippen LogP contribution in [0, 0.1) is 0 Å². The van der Waals surface area contributed by atoms with Crippen molar-refractivity contribution in [3.05, 3.63) is 102 Å². The van der Waals surface area contributed by atoms with Gasteiger partial charge in [-0.05, 0) is 66.1 Å². The summed E-state index contributed by atoms with van der Waals surface area (Å²) in [6.07, 6.45) is 1.22. The molecule has 184 valence electrons. The number of benzene rings is 4. The summed E-state index contributed by atoms with van der Waals surface area (Å²) >= 11 is 0. The molecule has 36 heavy (non-hydrogen) atoms. The van der Waals surface area contributed by atoms with Crippen LogP contribution >= 0.6 is 0 Å². The molecule has 0 spiro atoms. The Bertz CT molecular complexity index is 1330. The molecule has 5 heteroatoms. The van der Waals surface area contributed by atoms with Gasteiger partial charge in [-0.2, -0.15) is 0 Å². The summed E-state index contributed by atoms with van der Waals surface area (Å²) in [5.74, 6) is 0.666. The van der Waals surface area contributed by atoms with Crippen LogP contribution in [0.25, 0.3) is 10.8 Å². The van der Waals surface area contributed by atoms with Crippen molar-refractivity contribution in [1.29, 1.82) is 0 Å². The first-order valence-corrected chi connectivity index (χ1v) is 12.5. The highest BCUT2D eigenvalue weighted by atomic mass is 16.5. The Morgan fingerprint density at radius 3 is 2.58 bits per heavy atom. The number of nitrogens with one attached hydrogen (secondary N) is 1. The SMILES string of the molecule is COC(=O)Cc1ccc(N2CC(CCN[C@H](C)c3cccc4ccccc34)Oc3ccccc32)cc1. The molecule has 1 N–H and O–H groups in total. The summed E-state index contributed by atoms with van der Waals surface area (Å²) in [5.41, 5.74) is 4.40. The minimum atomic E-state index is -0.232. The number of carbonyl (C=O) groups excluding carboxylic acids is 1. The van der Waals surface area contributed by atoms with Crippen molar-refractivity contribution in [3.63, 3.8) is 0 Å². The second-order valence-corrected chi connectivity index (χ2v) is 9.27. The van der Waals surface area contributed by atoms with Gasteiger partial charge in [0.2, 0.25) is 0 Å². The Labute approximate surface area is 212 Å². The molecule has 0 saturated carbocycles. The maximum atomic E-state index is 11.6. The lowest BCUT2D eigenvalue weighted by Crippen LogP contribution is -2.39. The van der Waals surface area contributed by atoms with Crippen LogP contribution in [-0.2, 0) is 16.0 Å². The number of fused-ring (bicyclic) bond motifs is 2. The summed E-state index contributed by atoms with van der Waals surface area (Å²) in [4.78, 5) is 13.9. The molecule has 0 aliphatic carbocycles. The van der Waals surface area contributed by atoms with E-state index in [2.05, 4.69) is 77.8 Å². The van der Waals surface area contributed by atoms with Gasteiger partial charge in [0.05, 0.1) is 25.8 Å². The molecule has 5 nitrogen and oxygen atoms in total.